The minimum atomic E-state index is 0.0884. The average Bonchev–Trinajstić information content (AvgIpc) is 2.38. The highest BCUT2D eigenvalue weighted by atomic mass is 16.5. The Balaban J connectivity index is 1.98. The highest BCUT2D eigenvalue weighted by Gasteiger charge is 2.48. The molecule has 1 fully saturated rings. The summed E-state index contributed by atoms with van der Waals surface area (Å²) in [5.41, 5.74) is 2.18. The minimum absolute atomic E-state index is 0.0884. The predicted octanol–water partition coefficient (Wildman–Crippen LogP) is 2.79. The Morgan fingerprint density at radius 1 is 1.44 bits per heavy atom. The van der Waals surface area contributed by atoms with Crippen LogP contribution >= 0.6 is 0 Å². The van der Waals surface area contributed by atoms with E-state index in [0.29, 0.717) is 12.1 Å². The second-order valence-corrected chi connectivity index (χ2v) is 5.56. The van der Waals surface area contributed by atoms with Gasteiger partial charge in [-0.15, -0.1) is 0 Å². The molecule has 0 radical (unpaired) electrons. The molecular formula is C15H23NO2. The van der Waals surface area contributed by atoms with Gasteiger partial charge in [-0.05, 0) is 31.0 Å². The van der Waals surface area contributed by atoms with Crippen LogP contribution in [0.25, 0.3) is 0 Å². The van der Waals surface area contributed by atoms with E-state index in [2.05, 4.69) is 19.2 Å². The number of rotatable bonds is 5. The van der Waals surface area contributed by atoms with E-state index >= 15 is 0 Å². The lowest BCUT2D eigenvalue weighted by molar-refractivity contribution is -0.0975. The average molecular weight is 249 g/mol. The van der Waals surface area contributed by atoms with Gasteiger partial charge in [0, 0.05) is 23.8 Å². The molecule has 0 spiro atoms. The number of aliphatic hydroxyl groups is 1. The molecule has 0 saturated heterocycles. The summed E-state index contributed by atoms with van der Waals surface area (Å²) < 4.78 is 5.73. The number of anilines is 1. The van der Waals surface area contributed by atoms with Crippen molar-refractivity contribution in [3.05, 3.63) is 29.8 Å². The smallest absolute Gasteiger partial charge is 0.0682 e. The van der Waals surface area contributed by atoms with Gasteiger partial charge >= 0.3 is 0 Å². The predicted molar refractivity (Wildman–Crippen MR) is 73.6 cm³/mol. The fourth-order valence-electron chi connectivity index (χ4n) is 2.58. The van der Waals surface area contributed by atoms with Crippen molar-refractivity contribution in [3.8, 4) is 0 Å². The van der Waals surface area contributed by atoms with E-state index in [1.165, 1.54) is 0 Å². The van der Waals surface area contributed by atoms with Crippen LogP contribution in [-0.4, -0.2) is 23.9 Å². The first-order valence-corrected chi connectivity index (χ1v) is 6.66. The van der Waals surface area contributed by atoms with E-state index in [4.69, 9.17) is 9.84 Å². The summed E-state index contributed by atoms with van der Waals surface area (Å²) in [5.74, 6) is 0. The summed E-state index contributed by atoms with van der Waals surface area (Å²) in [6, 6.07) is 8.38. The van der Waals surface area contributed by atoms with Gasteiger partial charge < -0.3 is 15.2 Å². The third-order valence-electron chi connectivity index (χ3n) is 4.00. The molecule has 0 amide bonds. The van der Waals surface area contributed by atoms with Gasteiger partial charge in [-0.1, -0.05) is 26.0 Å². The van der Waals surface area contributed by atoms with Gasteiger partial charge in [0.2, 0.25) is 0 Å². The Hall–Kier alpha value is -1.06. The molecule has 2 atom stereocenters. The van der Waals surface area contributed by atoms with E-state index in [0.717, 1.165) is 24.3 Å². The van der Waals surface area contributed by atoms with Gasteiger partial charge in [-0.3, -0.25) is 0 Å². The molecule has 0 heterocycles. The van der Waals surface area contributed by atoms with Crippen LogP contribution in [-0.2, 0) is 11.3 Å². The van der Waals surface area contributed by atoms with Gasteiger partial charge in [0.1, 0.15) is 0 Å². The Labute approximate surface area is 109 Å². The normalized spacial score (nSPS) is 25.6. The third-order valence-corrected chi connectivity index (χ3v) is 4.00. The largest absolute Gasteiger partial charge is 0.392 e. The summed E-state index contributed by atoms with van der Waals surface area (Å²) in [4.78, 5) is 0. The zero-order valence-electron chi connectivity index (χ0n) is 11.4. The van der Waals surface area contributed by atoms with Crippen LogP contribution in [0.1, 0.15) is 32.8 Å². The minimum Gasteiger partial charge on any atom is -0.392 e. The quantitative estimate of drug-likeness (QED) is 0.843. The third kappa shape index (κ3) is 2.52. The van der Waals surface area contributed by atoms with E-state index in [1.54, 1.807) is 0 Å². The Bertz CT molecular complexity index is 403. The van der Waals surface area contributed by atoms with Crippen molar-refractivity contribution in [3.63, 3.8) is 0 Å². The van der Waals surface area contributed by atoms with Crippen molar-refractivity contribution < 1.29 is 9.84 Å². The highest BCUT2D eigenvalue weighted by molar-refractivity contribution is 5.47. The SMILES string of the molecule is CCOC1CC(Nc2cccc(CO)c2)C1(C)C. The topological polar surface area (TPSA) is 41.5 Å². The number of benzene rings is 1. The van der Waals surface area contributed by atoms with Crippen molar-refractivity contribution in [2.75, 3.05) is 11.9 Å². The van der Waals surface area contributed by atoms with Crippen molar-refractivity contribution >= 4 is 5.69 Å². The first kappa shape index (κ1) is 13.4. The molecule has 1 aromatic rings. The van der Waals surface area contributed by atoms with E-state index < -0.39 is 0 Å². The molecule has 3 heteroatoms. The van der Waals surface area contributed by atoms with Crippen molar-refractivity contribution in [1.82, 2.24) is 0 Å². The summed E-state index contributed by atoms with van der Waals surface area (Å²) in [5, 5.41) is 12.7. The molecular weight excluding hydrogens is 226 g/mol. The summed E-state index contributed by atoms with van der Waals surface area (Å²) in [6.45, 7) is 7.39. The van der Waals surface area contributed by atoms with E-state index in [1.807, 2.05) is 31.2 Å². The van der Waals surface area contributed by atoms with Crippen LogP contribution in [0.15, 0.2) is 24.3 Å². The van der Waals surface area contributed by atoms with Gasteiger partial charge in [0.15, 0.2) is 0 Å². The lowest BCUT2D eigenvalue weighted by Gasteiger charge is -2.52. The zero-order chi connectivity index (χ0) is 13.2. The number of ether oxygens (including phenoxy) is 1. The van der Waals surface area contributed by atoms with Gasteiger partial charge in [-0.2, -0.15) is 0 Å². The number of nitrogens with one attached hydrogen (secondary N) is 1. The molecule has 2 rings (SSSR count). The first-order chi connectivity index (χ1) is 8.57. The maximum atomic E-state index is 9.13. The van der Waals surface area contributed by atoms with Gasteiger partial charge in [0.25, 0.3) is 0 Å². The van der Waals surface area contributed by atoms with E-state index in [9.17, 15) is 0 Å². The standard InChI is InChI=1S/C15H23NO2/c1-4-18-14-9-13(15(14,2)3)16-12-7-5-6-11(8-12)10-17/h5-8,13-14,16-17H,4,9-10H2,1-3H3. The monoisotopic (exact) mass is 249 g/mol. The maximum absolute atomic E-state index is 9.13. The molecule has 1 aliphatic carbocycles. The van der Waals surface area contributed by atoms with Crippen LogP contribution in [0.3, 0.4) is 0 Å². The summed E-state index contributed by atoms with van der Waals surface area (Å²) in [6.07, 6.45) is 1.39. The number of aliphatic hydroxyl groups excluding tert-OH is 1. The second-order valence-electron chi connectivity index (χ2n) is 5.56. The molecule has 0 aromatic heterocycles. The van der Waals surface area contributed by atoms with E-state index in [-0.39, 0.29) is 12.0 Å². The molecule has 1 aromatic carbocycles. The lowest BCUT2D eigenvalue weighted by atomic mass is 9.64. The fraction of sp³-hybridized carbons (Fsp3) is 0.600. The Morgan fingerprint density at radius 3 is 2.83 bits per heavy atom. The van der Waals surface area contributed by atoms with Crippen molar-refractivity contribution in [1.29, 1.82) is 0 Å². The van der Waals surface area contributed by atoms with Gasteiger partial charge in [0.05, 0.1) is 12.7 Å². The second kappa shape index (κ2) is 5.29. The highest BCUT2D eigenvalue weighted by Crippen LogP contribution is 2.44. The van der Waals surface area contributed by atoms with Gasteiger partial charge in [-0.25, -0.2) is 0 Å². The summed E-state index contributed by atoms with van der Waals surface area (Å²) >= 11 is 0. The zero-order valence-corrected chi connectivity index (χ0v) is 11.4. The number of hydrogen-bond acceptors (Lipinski definition) is 3. The van der Waals surface area contributed by atoms with Crippen molar-refractivity contribution in [2.24, 2.45) is 5.41 Å². The fourth-order valence-corrected chi connectivity index (χ4v) is 2.58. The molecule has 1 aliphatic rings. The molecule has 0 aliphatic heterocycles. The number of hydrogen-bond donors (Lipinski definition) is 2. The van der Waals surface area contributed by atoms with Crippen LogP contribution in [0.4, 0.5) is 5.69 Å². The van der Waals surface area contributed by atoms with Crippen LogP contribution in [0.2, 0.25) is 0 Å². The molecule has 2 unspecified atom stereocenters. The molecule has 2 N–H and O–H groups in total. The van der Waals surface area contributed by atoms with Crippen molar-refractivity contribution in [2.45, 2.75) is 45.9 Å². The Kier molecular flexibility index (Phi) is 3.93. The maximum Gasteiger partial charge on any atom is 0.0682 e. The molecule has 1 saturated carbocycles. The molecule has 3 nitrogen and oxygen atoms in total. The van der Waals surface area contributed by atoms with Crippen LogP contribution in [0, 0.1) is 5.41 Å². The first-order valence-electron chi connectivity index (χ1n) is 6.66. The van der Waals surface area contributed by atoms with Crippen LogP contribution < -0.4 is 5.32 Å². The molecule has 100 valence electrons. The van der Waals surface area contributed by atoms with Crippen LogP contribution in [0.5, 0.6) is 0 Å². The lowest BCUT2D eigenvalue weighted by Crippen LogP contribution is -2.58. The Morgan fingerprint density at radius 2 is 2.22 bits per heavy atom. The summed E-state index contributed by atoms with van der Waals surface area (Å²) in [7, 11) is 0. The molecule has 0 bridgehead atoms. The molecule has 18 heavy (non-hydrogen) atoms.